The number of sulfonamides is 1. The molecule has 0 aliphatic heterocycles. The zero-order chi connectivity index (χ0) is 23.3. The average Bonchev–Trinajstić information content (AvgIpc) is 2.75. The Bertz CT molecular complexity index is 1210. The van der Waals surface area contributed by atoms with Gasteiger partial charge < -0.3 is 5.32 Å². The highest BCUT2D eigenvalue weighted by Crippen LogP contribution is 2.26. The Balaban J connectivity index is 1.61. The maximum Gasteiger partial charge on any atom is 0.261 e. The zero-order valence-electron chi connectivity index (χ0n) is 18.4. The van der Waals surface area contributed by atoms with Crippen molar-refractivity contribution in [2.24, 2.45) is 0 Å². The first-order valence-electron chi connectivity index (χ1n) is 10.4. The van der Waals surface area contributed by atoms with E-state index in [0.29, 0.717) is 18.5 Å². The third-order valence-corrected chi connectivity index (χ3v) is 7.06. The Kier molecular flexibility index (Phi) is 7.74. The molecule has 1 amide bonds. The molecule has 0 saturated carbocycles. The molecule has 7 heteroatoms. The molecule has 0 saturated heterocycles. The molecule has 2 N–H and O–H groups in total. The third kappa shape index (κ3) is 6.20. The van der Waals surface area contributed by atoms with E-state index in [9.17, 15) is 13.2 Å². The summed E-state index contributed by atoms with van der Waals surface area (Å²) < 4.78 is 28.8. The lowest BCUT2D eigenvalue weighted by Crippen LogP contribution is -2.15. The lowest BCUT2D eigenvalue weighted by Gasteiger charge is -2.14. The van der Waals surface area contributed by atoms with Gasteiger partial charge >= 0.3 is 0 Å². The molecule has 0 fully saturated rings. The highest BCUT2D eigenvalue weighted by atomic mass is 79.9. The van der Waals surface area contributed by atoms with Crippen molar-refractivity contribution in [3.63, 3.8) is 0 Å². The van der Waals surface area contributed by atoms with E-state index in [1.807, 2.05) is 38.1 Å². The second-order valence-corrected chi connectivity index (χ2v) is 10.4. The molecule has 0 aliphatic carbocycles. The van der Waals surface area contributed by atoms with Gasteiger partial charge in [-0.2, -0.15) is 0 Å². The van der Waals surface area contributed by atoms with E-state index >= 15 is 0 Å². The smallest absolute Gasteiger partial charge is 0.261 e. The number of hydrogen-bond acceptors (Lipinski definition) is 3. The van der Waals surface area contributed by atoms with Crippen LogP contribution in [0.25, 0.3) is 0 Å². The van der Waals surface area contributed by atoms with Crippen LogP contribution in [0.5, 0.6) is 0 Å². The molecular formula is C25H27BrN2O3S. The van der Waals surface area contributed by atoms with Crippen molar-refractivity contribution in [1.82, 2.24) is 0 Å². The van der Waals surface area contributed by atoms with Gasteiger partial charge in [-0.3, -0.25) is 9.52 Å². The van der Waals surface area contributed by atoms with Gasteiger partial charge in [-0.25, -0.2) is 8.42 Å². The second-order valence-electron chi connectivity index (χ2n) is 7.77. The number of carbonyl (C=O) groups excluding carboxylic acids is 1. The minimum atomic E-state index is -3.66. The Morgan fingerprint density at radius 3 is 2.25 bits per heavy atom. The van der Waals surface area contributed by atoms with Crippen LogP contribution in [0, 0.1) is 13.8 Å². The molecule has 0 spiro atoms. The Labute approximate surface area is 198 Å². The van der Waals surface area contributed by atoms with Crippen molar-refractivity contribution >= 4 is 43.2 Å². The first kappa shape index (κ1) is 24.0. The van der Waals surface area contributed by atoms with E-state index in [1.165, 1.54) is 0 Å². The van der Waals surface area contributed by atoms with Gasteiger partial charge in [-0.05, 0) is 79.8 Å². The number of rotatable bonds is 8. The molecule has 0 aromatic heterocycles. The number of carbonyl (C=O) groups is 1. The second kappa shape index (κ2) is 10.3. The predicted octanol–water partition coefficient (Wildman–Crippen LogP) is 6.00. The molecule has 5 nitrogen and oxygen atoms in total. The summed E-state index contributed by atoms with van der Waals surface area (Å²) in [6.45, 7) is 5.98. The van der Waals surface area contributed by atoms with E-state index in [0.717, 1.165) is 38.8 Å². The monoisotopic (exact) mass is 514 g/mol. The molecule has 0 aliphatic rings. The quantitative estimate of drug-likeness (QED) is 0.387. The van der Waals surface area contributed by atoms with Crippen LogP contribution in [0.1, 0.15) is 35.6 Å². The van der Waals surface area contributed by atoms with E-state index in [-0.39, 0.29) is 10.8 Å². The van der Waals surface area contributed by atoms with E-state index in [1.54, 1.807) is 36.4 Å². The largest absolute Gasteiger partial charge is 0.326 e. The summed E-state index contributed by atoms with van der Waals surface area (Å²) in [5.41, 5.74) is 5.44. The molecule has 3 aromatic carbocycles. The topological polar surface area (TPSA) is 75.3 Å². The van der Waals surface area contributed by atoms with Gasteiger partial charge in [0.2, 0.25) is 5.91 Å². The number of nitrogens with one attached hydrogen (secondary N) is 2. The lowest BCUT2D eigenvalue weighted by molar-refractivity contribution is -0.116. The molecule has 3 aromatic rings. The van der Waals surface area contributed by atoms with E-state index in [4.69, 9.17) is 0 Å². The van der Waals surface area contributed by atoms with Crippen LogP contribution in [-0.4, -0.2) is 14.3 Å². The molecule has 0 atom stereocenters. The summed E-state index contributed by atoms with van der Waals surface area (Å²) in [4.78, 5) is 12.7. The minimum absolute atomic E-state index is 0.0668. The Morgan fingerprint density at radius 1 is 0.969 bits per heavy atom. The van der Waals surface area contributed by atoms with Crippen LogP contribution < -0.4 is 10.0 Å². The van der Waals surface area contributed by atoms with Gasteiger partial charge in [0.15, 0.2) is 0 Å². The number of amides is 1. The first-order chi connectivity index (χ1) is 15.2. The highest BCUT2D eigenvalue weighted by Gasteiger charge is 2.15. The maximum absolute atomic E-state index is 12.6. The van der Waals surface area contributed by atoms with Crippen LogP contribution in [0.4, 0.5) is 11.4 Å². The predicted molar refractivity (Wildman–Crippen MR) is 134 cm³/mol. The van der Waals surface area contributed by atoms with Crippen molar-refractivity contribution in [3.05, 3.63) is 87.4 Å². The van der Waals surface area contributed by atoms with Gasteiger partial charge in [-0.15, -0.1) is 0 Å². The fourth-order valence-corrected chi connectivity index (χ4v) is 5.08. The van der Waals surface area contributed by atoms with Crippen LogP contribution in [0.15, 0.2) is 70.0 Å². The number of anilines is 2. The van der Waals surface area contributed by atoms with Gasteiger partial charge in [0, 0.05) is 22.3 Å². The normalized spacial score (nSPS) is 11.2. The van der Waals surface area contributed by atoms with Gasteiger partial charge in [0.1, 0.15) is 0 Å². The fraction of sp³-hybridized carbons (Fsp3) is 0.240. The summed E-state index contributed by atoms with van der Waals surface area (Å²) in [5, 5.41) is 3.03. The molecule has 0 radical (unpaired) electrons. The number of hydrogen-bond donors (Lipinski definition) is 2. The standard InChI is InChI=1S/C25H27BrN2O3S/c1-4-20-16-21(26)15-18(3)25(20)27-24(29)14-9-19-7-12-23(13-8-19)32(30,31)28-22-10-5-17(2)6-11-22/h5-8,10-13,15-16,28H,4,9,14H2,1-3H3,(H,27,29). The molecule has 3 rings (SSSR count). The van der Waals surface area contributed by atoms with E-state index < -0.39 is 10.0 Å². The van der Waals surface area contributed by atoms with Crippen LogP contribution in [0.3, 0.4) is 0 Å². The molecule has 32 heavy (non-hydrogen) atoms. The van der Waals surface area contributed by atoms with Crippen LogP contribution in [-0.2, 0) is 27.7 Å². The number of aryl methyl sites for hydroxylation is 4. The van der Waals surface area contributed by atoms with Crippen LogP contribution >= 0.6 is 15.9 Å². The first-order valence-corrected chi connectivity index (χ1v) is 12.7. The summed E-state index contributed by atoms with van der Waals surface area (Å²) in [7, 11) is -3.66. The number of halogens is 1. The Morgan fingerprint density at radius 2 is 1.62 bits per heavy atom. The molecular weight excluding hydrogens is 488 g/mol. The van der Waals surface area contributed by atoms with Gasteiger partial charge in [0.25, 0.3) is 10.0 Å². The van der Waals surface area contributed by atoms with Crippen molar-refractivity contribution < 1.29 is 13.2 Å². The van der Waals surface area contributed by atoms with Crippen molar-refractivity contribution in [2.75, 3.05) is 10.0 Å². The van der Waals surface area contributed by atoms with Crippen molar-refractivity contribution in [1.29, 1.82) is 0 Å². The SMILES string of the molecule is CCc1cc(Br)cc(C)c1NC(=O)CCc1ccc(S(=O)(=O)Nc2ccc(C)cc2)cc1. The maximum atomic E-state index is 12.6. The minimum Gasteiger partial charge on any atom is -0.326 e. The number of benzene rings is 3. The molecule has 0 bridgehead atoms. The lowest BCUT2D eigenvalue weighted by atomic mass is 10.1. The van der Waals surface area contributed by atoms with Crippen molar-refractivity contribution in [3.8, 4) is 0 Å². The summed E-state index contributed by atoms with van der Waals surface area (Å²) >= 11 is 3.50. The molecule has 168 valence electrons. The van der Waals surface area contributed by atoms with Crippen LogP contribution in [0.2, 0.25) is 0 Å². The Hall–Kier alpha value is -2.64. The molecule has 0 heterocycles. The highest BCUT2D eigenvalue weighted by molar-refractivity contribution is 9.10. The average molecular weight is 515 g/mol. The zero-order valence-corrected chi connectivity index (χ0v) is 20.8. The van der Waals surface area contributed by atoms with Gasteiger partial charge in [-0.1, -0.05) is 52.7 Å². The fourth-order valence-electron chi connectivity index (χ4n) is 3.40. The summed E-state index contributed by atoms with van der Waals surface area (Å²) in [5.74, 6) is -0.0668. The summed E-state index contributed by atoms with van der Waals surface area (Å²) in [6.07, 6.45) is 1.66. The molecule has 0 unspecified atom stereocenters. The van der Waals surface area contributed by atoms with Crippen molar-refractivity contribution in [2.45, 2.75) is 44.9 Å². The third-order valence-electron chi connectivity index (χ3n) is 5.21. The summed E-state index contributed by atoms with van der Waals surface area (Å²) in [6, 6.07) is 17.8. The van der Waals surface area contributed by atoms with Gasteiger partial charge in [0.05, 0.1) is 4.90 Å². The van der Waals surface area contributed by atoms with E-state index in [2.05, 4.69) is 32.9 Å².